The van der Waals surface area contributed by atoms with E-state index in [9.17, 15) is 9.59 Å². The van der Waals surface area contributed by atoms with Gasteiger partial charge >= 0.3 is 0 Å². The molecule has 0 aromatic heterocycles. The van der Waals surface area contributed by atoms with Crippen molar-refractivity contribution in [2.45, 2.75) is 24.7 Å². The minimum absolute atomic E-state index is 0.00336. The second-order valence-corrected chi connectivity index (χ2v) is 6.66. The molecule has 2 aromatic carbocycles. The second-order valence-electron chi connectivity index (χ2n) is 5.61. The normalized spacial score (nSPS) is 10.3. The molecule has 0 aliphatic rings. The van der Waals surface area contributed by atoms with Crippen LogP contribution in [0.2, 0.25) is 0 Å². The van der Waals surface area contributed by atoms with Crippen molar-refractivity contribution in [3.63, 3.8) is 0 Å². The van der Waals surface area contributed by atoms with Crippen molar-refractivity contribution in [2.75, 3.05) is 25.3 Å². The molecule has 0 aliphatic heterocycles. The summed E-state index contributed by atoms with van der Waals surface area (Å²) in [7, 11) is 3.10. The number of ether oxygens (including phenoxy) is 2. The van der Waals surface area contributed by atoms with Crippen molar-refractivity contribution in [3.05, 3.63) is 48.0 Å². The number of carbonyl (C=O) groups excluding carboxylic acids is 2. The largest absolute Gasteiger partial charge is 0.493 e. The van der Waals surface area contributed by atoms with Crippen molar-refractivity contribution in [1.82, 2.24) is 0 Å². The molecule has 0 fully saturated rings. The van der Waals surface area contributed by atoms with Crippen LogP contribution < -0.4 is 14.8 Å². The molecule has 0 heterocycles. The highest BCUT2D eigenvalue weighted by molar-refractivity contribution is 8.00. The highest BCUT2D eigenvalue weighted by Gasteiger charge is 2.11. The average molecular weight is 373 g/mol. The summed E-state index contributed by atoms with van der Waals surface area (Å²) >= 11 is 1.43. The number of hydrogen-bond acceptors (Lipinski definition) is 5. The number of nitrogens with one attached hydrogen (secondary N) is 1. The number of anilines is 1. The third-order valence-corrected chi connectivity index (χ3v) is 4.66. The van der Waals surface area contributed by atoms with E-state index in [-0.39, 0.29) is 11.7 Å². The summed E-state index contributed by atoms with van der Waals surface area (Å²) in [4.78, 5) is 25.1. The summed E-state index contributed by atoms with van der Waals surface area (Å²) in [6.07, 6.45) is 1.30. The summed E-state index contributed by atoms with van der Waals surface area (Å²) in [6.45, 7) is 1.96. The Hall–Kier alpha value is -2.47. The van der Waals surface area contributed by atoms with Crippen LogP contribution in [0.5, 0.6) is 11.5 Å². The fourth-order valence-corrected chi connectivity index (χ4v) is 3.21. The van der Waals surface area contributed by atoms with Crippen LogP contribution in [-0.4, -0.2) is 31.7 Å². The van der Waals surface area contributed by atoms with Gasteiger partial charge in [-0.2, -0.15) is 0 Å². The molecule has 0 aliphatic carbocycles. The van der Waals surface area contributed by atoms with Crippen molar-refractivity contribution in [1.29, 1.82) is 0 Å². The first-order valence-electron chi connectivity index (χ1n) is 8.35. The van der Waals surface area contributed by atoms with Gasteiger partial charge in [-0.1, -0.05) is 13.0 Å². The van der Waals surface area contributed by atoms with Gasteiger partial charge in [-0.05, 0) is 42.8 Å². The molecule has 6 heteroatoms. The lowest BCUT2D eigenvalue weighted by atomic mass is 10.1. The summed E-state index contributed by atoms with van der Waals surface area (Å²) in [5.74, 6) is 1.41. The van der Waals surface area contributed by atoms with Gasteiger partial charge in [-0.25, -0.2) is 0 Å². The summed E-state index contributed by atoms with van der Waals surface area (Å²) in [5, 5.41) is 2.86. The summed E-state index contributed by atoms with van der Waals surface area (Å²) < 4.78 is 10.4. The van der Waals surface area contributed by atoms with Gasteiger partial charge in [-0.15, -0.1) is 11.8 Å². The molecule has 0 radical (unpaired) electrons. The van der Waals surface area contributed by atoms with Crippen LogP contribution in [0.25, 0.3) is 0 Å². The number of benzene rings is 2. The number of rotatable bonds is 9. The van der Waals surface area contributed by atoms with Crippen molar-refractivity contribution < 1.29 is 19.1 Å². The van der Waals surface area contributed by atoms with Crippen LogP contribution in [0, 0.1) is 0 Å². The van der Waals surface area contributed by atoms with E-state index in [0.717, 1.165) is 17.0 Å². The molecule has 5 nitrogen and oxygen atoms in total. The molecule has 1 amide bonds. The lowest BCUT2D eigenvalue weighted by Gasteiger charge is -2.09. The van der Waals surface area contributed by atoms with Gasteiger partial charge in [0.05, 0.1) is 20.0 Å². The molecule has 0 unspecified atom stereocenters. The molecule has 0 spiro atoms. The standard InChI is InChI=1S/C20H23NO4S/c1-4-6-20(23)21-15-7-5-8-16(12-15)26-13-17(22)14-9-10-18(24-2)19(11-14)25-3/h5,7-12H,4,6,13H2,1-3H3,(H,21,23). The van der Waals surface area contributed by atoms with Gasteiger partial charge < -0.3 is 14.8 Å². The second kappa shape index (κ2) is 9.87. The van der Waals surface area contributed by atoms with Gasteiger partial charge in [0.1, 0.15) is 0 Å². The zero-order valence-electron chi connectivity index (χ0n) is 15.2. The maximum Gasteiger partial charge on any atom is 0.224 e. The smallest absolute Gasteiger partial charge is 0.224 e. The van der Waals surface area contributed by atoms with Crippen LogP contribution in [0.15, 0.2) is 47.4 Å². The molecule has 0 bridgehead atoms. The van der Waals surface area contributed by atoms with E-state index in [2.05, 4.69) is 5.32 Å². The first-order valence-corrected chi connectivity index (χ1v) is 9.34. The molecule has 0 atom stereocenters. The summed E-state index contributed by atoms with van der Waals surface area (Å²) in [6, 6.07) is 12.6. The Bertz CT molecular complexity index is 776. The van der Waals surface area contributed by atoms with E-state index in [0.29, 0.717) is 29.2 Å². The van der Waals surface area contributed by atoms with Crippen molar-refractivity contribution >= 4 is 29.1 Å². The molecule has 0 saturated carbocycles. The number of amides is 1. The van der Waals surface area contributed by atoms with Crippen LogP contribution in [0.3, 0.4) is 0 Å². The first kappa shape index (κ1) is 19.8. The minimum Gasteiger partial charge on any atom is -0.493 e. The topological polar surface area (TPSA) is 64.6 Å². The lowest BCUT2D eigenvalue weighted by molar-refractivity contribution is -0.116. The number of carbonyl (C=O) groups is 2. The number of methoxy groups -OCH3 is 2. The Morgan fingerprint density at radius 2 is 1.81 bits per heavy atom. The molecular weight excluding hydrogens is 350 g/mol. The number of Topliss-reactive ketones (excluding diaryl/α,β-unsaturated/α-hetero) is 1. The molecule has 0 saturated heterocycles. The highest BCUT2D eigenvalue weighted by Crippen LogP contribution is 2.29. The maximum absolute atomic E-state index is 12.4. The number of ketones is 1. The Kier molecular flexibility index (Phi) is 7.53. The predicted molar refractivity (Wildman–Crippen MR) is 105 cm³/mol. The van der Waals surface area contributed by atoms with Crippen LogP contribution >= 0.6 is 11.8 Å². The Morgan fingerprint density at radius 3 is 2.50 bits per heavy atom. The molecule has 1 N–H and O–H groups in total. The zero-order chi connectivity index (χ0) is 18.9. The number of thioether (sulfide) groups is 1. The minimum atomic E-state index is -0.00365. The molecular formula is C20H23NO4S. The fourth-order valence-electron chi connectivity index (χ4n) is 2.36. The van der Waals surface area contributed by atoms with E-state index >= 15 is 0 Å². The van der Waals surface area contributed by atoms with Gasteiger partial charge in [0.15, 0.2) is 17.3 Å². The molecule has 138 valence electrons. The van der Waals surface area contributed by atoms with E-state index in [1.54, 1.807) is 32.4 Å². The SMILES string of the molecule is CCCC(=O)Nc1cccc(SCC(=O)c2ccc(OC)c(OC)c2)c1. The van der Waals surface area contributed by atoms with Gasteiger partial charge in [-0.3, -0.25) is 9.59 Å². The van der Waals surface area contributed by atoms with Crippen LogP contribution in [0.1, 0.15) is 30.1 Å². The average Bonchev–Trinajstić information content (AvgIpc) is 2.66. The molecule has 2 rings (SSSR count). The Labute approximate surface area is 158 Å². The molecule has 26 heavy (non-hydrogen) atoms. The fraction of sp³-hybridized carbons (Fsp3) is 0.300. The van der Waals surface area contributed by atoms with Gasteiger partial charge in [0.2, 0.25) is 5.91 Å². The Balaban J connectivity index is 2.00. The quantitative estimate of drug-likeness (QED) is 0.521. The van der Waals surface area contributed by atoms with Crippen LogP contribution in [0.4, 0.5) is 5.69 Å². The monoisotopic (exact) mass is 373 g/mol. The maximum atomic E-state index is 12.4. The Morgan fingerprint density at radius 1 is 1.04 bits per heavy atom. The van der Waals surface area contributed by atoms with E-state index in [1.165, 1.54) is 11.8 Å². The van der Waals surface area contributed by atoms with Gasteiger partial charge in [0, 0.05) is 22.6 Å². The van der Waals surface area contributed by atoms with E-state index in [1.807, 2.05) is 31.2 Å². The first-order chi connectivity index (χ1) is 12.6. The van der Waals surface area contributed by atoms with E-state index < -0.39 is 0 Å². The third kappa shape index (κ3) is 5.52. The van der Waals surface area contributed by atoms with Crippen LogP contribution in [-0.2, 0) is 4.79 Å². The van der Waals surface area contributed by atoms with Gasteiger partial charge in [0.25, 0.3) is 0 Å². The van der Waals surface area contributed by atoms with Crippen molar-refractivity contribution in [2.24, 2.45) is 0 Å². The zero-order valence-corrected chi connectivity index (χ0v) is 16.0. The summed E-state index contributed by atoms with van der Waals surface area (Å²) in [5.41, 5.74) is 1.31. The predicted octanol–water partition coefficient (Wildman–Crippen LogP) is 4.42. The van der Waals surface area contributed by atoms with Crippen molar-refractivity contribution in [3.8, 4) is 11.5 Å². The molecule has 2 aromatic rings. The third-order valence-electron chi connectivity index (χ3n) is 3.67. The number of hydrogen-bond donors (Lipinski definition) is 1. The highest BCUT2D eigenvalue weighted by atomic mass is 32.2. The lowest BCUT2D eigenvalue weighted by Crippen LogP contribution is -2.10. The van der Waals surface area contributed by atoms with E-state index in [4.69, 9.17) is 9.47 Å².